The standard InChI is InChI=1S/C17H21NO2/c1-12-5-7-15(8-6-12)17(19)13(2)18(4)11-16-9-10-20-14(16)3/h5-10,13H,11H2,1-4H3. The minimum absolute atomic E-state index is 0.147. The molecular weight excluding hydrogens is 250 g/mol. The van der Waals surface area contributed by atoms with Crippen molar-refractivity contribution in [1.82, 2.24) is 4.90 Å². The van der Waals surface area contributed by atoms with Gasteiger partial charge >= 0.3 is 0 Å². The van der Waals surface area contributed by atoms with Crippen molar-refractivity contribution in [2.24, 2.45) is 0 Å². The van der Waals surface area contributed by atoms with Gasteiger partial charge in [0.25, 0.3) is 0 Å². The summed E-state index contributed by atoms with van der Waals surface area (Å²) >= 11 is 0. The maximum absolute atomic E-state index is 12.4. The zero-order valence-corrected chi connectivity index (χ0v) is 12.5. The topological polar surface area (TPSA) is 33.5 Å². The van der Waals surface area contributed by atoms with Crippen molar-refractivity contribution >= 4 is 5.78 Å². The van der Waals surface area contributed by atoms with Gasteiger partial charge < -0.3 is 4.42 Å². The minimum atomic E-state index is -0.160. The Morgan fingerprint density at radius 3 is 2.40 bits per heavy atom. The van der Waals surface area contributed by atoms with Crippen LogP contribution in [-0.4, -0.2) is 23.8 Å². The molecule has 0 aliphatic rings. The van der Waals surface area contributed by atoms with Gasteiger partial charge in [0, 0.05) is 17.7 Å². The fraction of sp³-hybridized carbons (Fsp3) is 0.353. The van der Waals surface area contributed by atoms with Crippen LogP contribution in [0.15, 0.2) is 41.0 Å². The van der Waals surface area contributed by atoms with Gasteiger partial charge in [-0.15, -0.1) is 0 Å². The van der Waals surface area contributed by atoms with Crippen LogP contribution >= 0.6 is 0 Å². The fourth-order valence-electron chi connectivity index (χ4n) is 2.14. The summed E-state index contributed by atoms with van der Waals surface area (Å²) in [5.74, 6) is 1.06. The van der Waals surface area contributed by atoms with Crippen molar-refractivity contribution in [3.05, 3.63) is 59.0 Å². The van der Waals surface area contributed by atoms with Crippen LogP contribution in [0.25, 0.3) is 0 Å². The molecule has 0 fully saturated rings. The second-order valence-electron chi connectivity index (χ2n) is 5.32. The van der Waals surface area contributed by atoms with Gasteiger partial charge in [-0.1, -0.05) is 29.8 Å². The Labute approximate surface area is 120 Å². The van der Waals surface area contributed by atoms with Crippen LogP contribution in [0, 0.1) is 13.8 Å². The fourth-order valence-corrected chi connectivity index (χ4v) is 2.14. The first-order valence-corrected chi connectivity index (χ1v) is 6.83. The van der Waals surface area contributed by atoms with Gasteiger partial charge in [-0.25, -0.2) is 0 Å². The number of aryl methyl sites for hydroxylation is 2. The van der Waals surface area contributed by atoms with Crippen LogP contribution in [0.3, 0.4) is 0 Å². The smallest absolute Gasteiger partial charge is 0.179 e. The molecule has 0 bridgehead atoms. The highest BCUT2D eigenvalue weighted by Crippen LogP contribution is 2.15. The average molecular weight is 271 g/mol. The molecule has 0 aliphatic carbocycles. The van der Waals surface area contributed by atoms with Gasteiger partial charge in [0.15, 0.2) is 5.78 Å². The quantitative estimate of drug-likeness (QED) is 0.779. The van der Waals surface area contributed by atoms with E-state index in [0.717, 1.165) is 22.5 Å². The van der Waals surface area contributed by atoms with E-state index in [0.29, 0.717) is 6.54 Å². The number of carbonyl (C=O) groups excluding carboxylic acids is 1. The molecule has 2 aromatic rings. The normalized spacial score (nSPS) is 12.7. The molecule has 2 rings (SSSR count). The van der Waals surface area contributed by atoms with E-state index in [-0.39, 0.29) is 11.8 Å². The minimum Gasteiger partial charge on any atom is -0.469 e. The number of furan rings is 1. The third-order valence-corrected chi connectivity index (χ3v) is 3.76. The molecule has 0 N–H and O–H groups in total. The Bertz CT molecular complexity index is 583. The van der Waals surface area contributed by atoms with Crippen molar-refractivity contribution in [3.63, 3.8) is 0 Å². The van der Waals surface area contributed by atoms with Crippen molar-refractivity contribution < 1.29 is 9.21 Å². The molecule has 1 unspecified atom stereocenters. The number of rotatable bonds is 5. The number of hydrogen-bond acceptors (Lipinski definition) is 3. The second-order valence-corrected chi connectivity index (χ2v) is 5.32. The maximum atomic E-state index is 12.4. The van der Waals surface area contributed by atoms with Gasteiger partial charge in [0.2, 0.25) is 0 Å². The Kier molecular flexibility index (Phi) is 4.40. The first-order chi connectivity index (χ1) is 9.49. The number of carbonyl (C=O) groups is 1. The SMILES string of the molecule is Cc1ccc(C(=O)C(C)N(C)Cc2ccoc2C)cc1. The van der Waals surface area contributed by atoms with E-state index >= 15 is 0 Å². The predicted octanol–water partition coefficient (Wildman–Crippen LogP) is 3.60. The maximum Gasteiger partial charge on any atom is 0.179 e. The van der Waals surface area contributed by atoms with E-state index in [9.17, 15) is 4.79 Å². The average Bonchev–Trinajstić information content (AvgIpc) is 2.83. The van der Waals surface area contributed by atoms with E-state index in [1.807, 2.05) is 63.1 Å². The van der Waals surface area contributed by atoms with E-state index in [1.165, 1.54) is 0 Å². The number of benzene rings is 1. The molecule has 1 atom stereocenters. The molecule has 1 aromatic heterocycles. The molecule has 20 heavy (non-hydrogen) atoms. The molecule has 1 aromatic carbocycles. The zero-order chi connectivity index (χ0) is 14.7. The summed E-state index contributed by atoms with van der Waals surface area (Å²) in [5.41, 5.74) is 3.05. The summed E-state index contributed by atoms with van der Waals surface area (Å²) in [6.07, 6.45) is 1.69. The molecule has 0 aliphatic heterocycles. The third kappa shape index (κ3) is 3.17. The molecule has 3 nitrogen and oxygen atoms in total. The molecule has 0 radical (unpaired) electrons. The Hall–Kier alpha value is -1.87. The van der Waals surface area contributed by atoms with Crippen LogP contribution < -0.4 is 0 Å². The van der Waals surface area contributed by atoms with Crippen molar-refractivity contribution in [2.45, 2.75) is 33.4 Å². The highest BCUT2D eigenvalue weighted by atomic mass is 16.3. The summed E-state index contributed by atoms with van der Waals surface area (Å²) in [6.45, 7) is 6.61. The number of hydrogen-bond donors (Lipinski definition) is 0. The number of ketones is 1. The lowest BCUT2D eigenvalue weighted by atomic mass is 10.0. The van der Waals surface area contributed by atoms with Crippen LogP contribution in [0.4, 0.5) is 0 Å². The highest BCUT2D eigenvalue weighted by molar-refractivity contribution is 5.99. The van der Waals surface area contributed by atoms with E-state index in [4.69, 9.17) is 4.42 Å². The molecule has 0 amide bonds. The monoisotopic (exact) mass is 271 g/mol. The van der Waals surface area contributed by atoms with Crippen LogP contribution in [-0.2, 0) is 6.54 Å². The lowest BCUT2D eigenvalue weighted by Gasteiger charge is -2.23. The Balaban J connectivity index is 2.06. The number of Topliss-reactive ketones (excluding diaryl/α,β-unsaturated/α-hetero) is 1. The first kappa shape index (κ1) is 14.5. The first-order valence-electron chi connectivity index (χ1n) is 6.83. The van der Waals surface area contributed by atoms with Gasteiger partial charge in [-0.05, 0) is 33.9 Å². The summed E-state index contributed by atoms with van der Waals surface area (Å²) < 4.78 is 5.29. The van der Waals surface area contributed by atoms with Crippen molar-refractivity contribution in [3.8, 4) is 0 Å². The molecular formula is C17H21NO2. The molecule has 0 saturated carbocycles. The van der Waals surface area contributed by atoms with Crippen LogP contribution in [0.5, 0.6) is 0 Å². The molecule has 0 spiro atoms. The summed E-state index contributed by atoms with van der Waals surface area (Å²) in [6, 6.07) is 9.53. The lowest BCUT2D eigenvalue weighted by Crippen LogP contribution is -2.35. The van der Waals surface area contributed by atoms with Gasteiger partial charge in [-0.3, -0.25) is 9.69 Å². The summed E-state index contributed by atoms with van der Waals surface area (Å²) in [5, 5.41) is 0. The van der Waals surface area contributed by atoms with Crippen molar-refractivity contribution in [2.75, 3.05) is 7.05 Å². The predicted molar refractivity (Wildman–Crippen MR) is 79.9 cm³/mol. The van der Waals surface area contributed by atoms with Gasteiger partial charge in [0.1, 0.15) is 5.76 Å². The summed E-state index contributed by atoms with van der Waals surface area (Å²) in [4.78, 5) is 14.5. The highest BCUT2D eigenvalue weighted by Gasteiger charge is 2.20. The van der Waals surface area contributed by atoms with E-state index < -0.39 is 0 Å². The summed E-state index contributed by atoms with van der Waals surface area (Å²) in [7, 11) is 1.96. The number of likely N-dealkylation sites (N-methyl/N-ethyl adjacent to an activating group) is 1. The van der Waals surface area contributed by atoms with Crippen LogP contribution in [0.2, 0.25) is 0 Å². The van der Waals surface area contributed by atoms with Gasteiger partial charge in [0.05, 0.1) is 12.3 Å². The Morgan fingerprint density at radius 1 is 1.20 bits per heavy atom. The van der Waals surface area contributed by atoms with Gasteiger partial charge in [-0.2, -0.15) is 0 Å². The molecule has 0 saturated heterocycles. The number of nitrogens with zero attached hydrogens (tertiary/aromatic N) is 1. The van der Waals surface area contributed by atoms with Crippen LogP contribution in [0.1, 0.15) is 34.2 Å². The zero-order valence-electron chi connectivity index (χ0n) is 12.5. The third-order valence-electron chi connectivity index (χ3n) is 3.76. The molecule has 106 valence electrons. The van der Waals surface area contributed by atoms with E-state index in [2.05, 4.69) is 0 Å². The Morgan fingerprint density at radius 2 is 1.85 bits per heavy atom. The largest absolute Gasteiger partial charge is 0.469 e. The van der Waals surface area contributed by atoms with Crippen molar-refractivity contribution in [1.29, 1.82) is 0 Å². The lowest BCUT2D eigenvalue weighted by molar-refractivity contribution is 0.0861. The van der Waals surface area contributed by atoms with E-state index in [1.54, 1.807) is 6.26 Å². The molecule has 3 heteroatoms. The molecule has 1 heterocycles. The second kappa shape index (κ2) is 6.06.